The lowest BCUT2D eigenvalue weighted by molar-refractivity contribution is 0.245. The van der Waals surface area contributed by atoms with Crippen molar-refractivity contribution in [1.29, 1.82) is 0 Å². The van der Waals surface area contributed by atoms with Crippen LogP contribution in [0.4, 0.5) is 4.79 Å². The SMILES string of the molecule is CNC(=O)NC.CS(=O)(=O)O. The fourth-order valence-electron chi connectivity index (χ4n) is 0.125. The topological polar surface area (TPSA) is 95.5 Å². The largest absolute Gasteiger partial charge is 0.341 e. The molecule has 0 fully saturated rings. The Kier molecular flexibility index (Phi) is 6.91. The Bertz CT molecular complexity index is 184. The molecule has 0 saturated carbocycles. The second kappa shape index (κ2) is 5.93. The molecule has 0 aromatic rings. The molecule has 0 spiro atoms. The van der Waals surface area contributed by atoms with E-state index in [2.05, 4.69) is 10.6 Å². The van der Waals surface area contributed by atoms with Crippen LogP contribution in [-0.2, 0) is 10.1 Å². The van der Waals surface area contributed by atoms with Crippen molar-refractivity contribution in [3.05, 3.63) is 0 Å². The summed E-state index contributed by atoms with van der Waals surface area (Å²) in [6.45, 7) is 0. The molecule has 6 nitrogen and oxygen atoms in total. The van der Waals surface area contributed by atoms with Gasteiger partial charge in [-0.05, 0) is 0 Å². The highest BCUT2D eigenvalue weighted by Gasteiger charge is 1.82. The van der Waals surface area contributed by atoms with Crippen molar-refractivity contribution in [1.82, 2.24) is 10.6 Å². The van der Waals surface area contributed by atoms with Gasteiger partial charge >= 0.3 is 6.03 Å². The Morgan fingerprint density at radius 3 is 1.45 bits per heavy atom. The van der Waals surface area contributed by atoms with Crippen molar-refractivity contribution in [2.24, 2.45) is 0 Å². The fraction of sp³-hybridized carbons (Fsp3) is 0.750. The predicted octanol–water partition coefficient (Wildman–Crippen LogP) is -0.951. The molecule has 0 aliphatic carbocycles. The summed E-state index contributed by atoms with van der Waals surface area (Å²) >= 11 is 0. The number of urea groups is 1. The Morgan fingerprint density at radius 2 is 1.45 bits per heavy atom. The molecule has 0 aromatic carbocycles. The number of hydrogen-bond acceptors (Lipinski definition) is 3. The van der Waals surface area contributed by atoms with Gasteiger partial charge in [0, 0.05) is 14.1 Å². The van der Waals surface area contributed by atoms with Gasteiger partial charge in [0.25, 0.3) is 10.1 Å². The maximum absolute atomic E-state index is 9.96. The molecule has 0 radical (unpaired) electrons. The zero-order chi connectivity index (χ0) is 9.49. The molecular formula is C4H12N2O4S. The van der Waals surface area contributed by atoms with Crippen LogP contribution in [0.2, 0.25) is 0 Å². The van der Waals surface area contributed by atoms with Crippen molar-refractivity contribution in [3.63, 3.8) is 0 Å². The highest BCUT2D eigenvalue weighted by Crippen LogP contribution is 1.60. The van der Waals surface area contributed by atoms with Gasteiger partial charge in [0.15, 0.2) is 0 Å². The highest BCUT2D eigenvalue weighted by molar-refractivity contribution is 7.85. The third-order valence-corrected chi connectivity index (χ3v) is 0.454. The van der Waals surface area contributed by atoms with E-state index in [4.69, 9.17) is 4.55 Å². The Labute approximate surface area is 65.7 Å². The number of carbonyl (C=O) groups excluding carboxylic acids is 1. The molecule has 0 unspecified atom stereocenters. The third-order valence-electron chi connectivity index (χ3n) is 0.454. The molecule has 0 aliphatic heterocycles. The van der Waals surface area contributed by atoms with E-state index in [1.165, 1.54) is 0 Å². The molecule has 0 saturated heterocycles. The summed E-state index contributed by atoms with van der Waals surface area (Å²) < 4.78 is 25.9. The van der Waals surface area contributed by atoms with Crippen LogP contribution in [0.1, 0.15) is 0 Å². The van der Waals surface area contributed by atoms with E-state index < -0.39 is 10.1 Å². The van der Waals surface area contributed by atoms with Gasteiger partial charge in [-0.1, -0.05) is 0 Å². The van der Waals surface area contributed by atoms with Crippen molar-refractivity contribution in [3.8, 4) is 0 Å². The van der Waals surface area contributed by atoms with Crippen LogP contribution in [0, 0.1) is 0 Å². The van der Waals surface area contributed by atoms with E-state index in [1.54, 1.807) is 14.1 Å². The first kappa shape index (κ1) is 12.8. The standard InChI is InChI=1S/C3H8N2O.CH4O3S/c1-4-3(6)5-2;1-5(2,3)4/h1-2H3,(H2,4,5,6);1H3,(H,2,3,4). The number of hydrogen-bond donors (Lipinski definition) is 3. The minimum Gasteiger partial charge on any atom is -0.341 e. The Morgan fingerprint density at radius 1 is 1.27 bits per heavy atom. The van der Waals surface area contributed by atoms with Gasteiger partial charge in [0.1, 0.15) is 0 Å². The van der Waals surface area contributed by atoms with Crippen LogP contribution in [0.5, 0.6) is 0 Å². The molecule has 2 amide bonds. The van der Waals surface area contributed by atoms with E-state index in [9.17, 15) is 13.2 Å². The Hall–Kier alpha value is -0.820. The molecule has 7 heteroatoms. The molecule has 0 rings (SSSR count). The van der Waals surface area contributed by atoms with Crippen molar-refractivity contribution in [2.45, 2.75) is 0 Å². The van der Waals surface area contributed by atoms with Crippen LogP contribution >= 0.6 is 0 Å². The molecule has 0 heterocycles. The van der Waals surface area contributed by atoms with Crippen LogP contribution < -0.4 is 10.6 Å². The summed E-state index contributed by atoms with van der Waals surface area (Å²) in [5.74, 6) is 0. The molecule has 68 valence electrons. The van der Waals surface area contributed by atoms with E-state index in [0.29, 0.717) is 6.26 Å². The summed E-state index contributed by atoms with van der Waals surface area (Å²) in [5, 5.41) is 4.73. The quantitative estimate of drug-likeness (QED) is 0.423. The Balaban J connectivity index is 0. The van der Waals surface area contributed by atoms with E-state index in [-0.39, 0.29) is 6.03 Å². The predicted molar refractivity (Wildman–Crippen MR) is 41.0 cm³/mol. The van der Waals surface area contributed by atoms with Gasteiger partial charge in [-0.3, -0.25) is 4.55 Å². The average molecular weight is 184 g/mol. The molecule has 0 atom stereocenters. The number of carbonyl (C=O) groups is 1. The maximum Gasteiger partial charge on any atom is 0.314 e. The van der Waals surface area contributed by atoms with Gasteiger partial charge in [-0.2, -0.15) is 8.42 Å². The lowest BCUT2D eigenvalue weighted by atomic mass is 11.0. The number of amides is 2. The lowest BCUT2D eigenvalue weighted by Crippen LogP contribution is -2.28. The van der Waals surface area contributed by atoms with Crippen LogP contribution in [0.15, 0.2) is 0 Å². The first-order valence-electron chi connectivity index (χ1n) is 2.63. The summed E-state index contributed by atoms with van der Waals surface area (Å²) in [6, 6.07) is -0.157. The van der Waals surface area contributed by atoms with Crippen LogP contribution in [0.3, 0.4) is 0 Å². The minimum absolute atomic E-state index is 0.157. The zero-order valence-corrected chi connectivity index (χ0v) is 7.40. The maximum atomic E-state index is 9.96. The first-order chi connectivity index (χ1) is 4.81. The number of nitrogens with one attached hydrogen (secondary N) is 2. The van der Waals surface area contributed by atoms with E-state index in [1.807, 2.05) is 0 Å². The van der Waals surface area contributed by atoms with Gasteiger partial charge in [-0.25, -0.2) is 4.79 Å². The minimum atomic E-state index is -3.67. The monoisotopic (exact) mass is 184 g/mol. The van der Waals surface area contributed by atoms with Crippen molar-refractivity contribution >= 4 is 16.1 Å². The summed E-state index contributed by atoms with van der Waals surface area (Å²) in [5.41, 5.74) is 0. The third kappa shape index (κ3) is 46.8. The lowest BCUT2D eigenvalue weighted by Gasteiger charge is -1.91. The molecule has 0 aromatic heterocycles. The van der Waals surface area contributed by atoms with Crippen molar-refractivity contribution in [2.75, 3.05) is 20.4 Å². The smallest absolute Gasteiger partial charge is 0.314 e. The average Bonchev–Trinajstić information content (AvgIpc) is 1.83. The molecule has 3 N–H and O–H groups in total. The second-order valence-corrected chi connectivity index (χ2v) is 3.03. The van der Waals surface area contributed by atoms with Crippen LogP contribution in [-0.4, -0.2) is 39.4 Å². The number of rotatable bonds is 0. The van der Waals surface area contributed by atoms with Gasteiger partial charge in [0.2, 0.25) is 0 Å². The van der Waals surface area contributed by atoms with Crippen LogP contribution in [0.25, 0.3) is 0 Å². The first-order valence-corrected chi connectivity index (χ1v) is 4.48. The highest BCUT2D eigenvalue weighted by atomic mass is 32.2. The summed E-state index contributed by atoms with van der Waals surface area (Å²) in [7, 11) is -0.530. The summed E-state index contributed by atoms with van der Waals surface area (Å²) in [4.78, 5) is 9.96. The summed E-state index contributed by atoms with van der Waals surface area (Å²) in [6.07, 6.45) is 0.715. The van der Waals surface area contributed by atoms with Gasteiger partial charge in [-0.15, -0.1) is 0 Å². The fourth-order valence-corrected chi connectivity index (χ4v) is 0.125. The van der Waals surface area contributed by atoms with Gasteiger partial charge in [0.05, 0.1) is 6.26 Å². The van der Waals surface area contributed by atoms with E-state index >= 15 is 0 Å². The van der Waals surface area contributed by atoms with E-state index in [0.717, 1.165) is 0 Å². The zero-order valence-electron chi connectivity index (χ0n) is 6.58. The molecule has 11 heavy (non-hydrogen) atoms. The molecule has 0 aliphatic rings. The molecular weight excluding hydrogens is 172 g/mol. The normalized spacial score (nSPS) is 9.09. The van der Waals surface area contributed by atoms with Gasteiger partial charge < -0.3 is 10.6 Å². The van der Waals surface area contributed by atoms with Crippen molar-refractivity contribution < 1.29 is 17.8 Å². The molecule has 0 bridgehead atoms. The second-order valence-electron chi connectivity index (χ2n) is 1.56.